The zero-order chi connectivity index (χ0) is 10.8. The van der Waals surface area contributed by atoms with E-state index in [1.165, 1.54) is 24.6 Å². The van der Waals surface area contributed by atoms with Gasteiger partial charge < -0.3 is 5.11 Å². The molecule has 1 aliphatic rings. The van der Waals surface area contributed by atoms with Crippen LogP contribution in [0.3, 0.4) is 0 Å². The summed E-state index contributed by atoms with van der Waals surface area (Å²) in [6, 6.07) is 0. The fourth-order valence-electron chi connectivity index (χ4n) is 1.31. The molecule has 2 rings (SSSR count). The topological polar surface area (TPSA) is 68.0 Å². The average Bonchev–Trinajstić information content (AvgIpc) is 2.93. The van der Waals surface area contributed by atoms with E-state index in [1.54, 1.807) is 4.68 Å². The molecule has 6 heteroatoms. The summed E-state index contributed by atoms with van der Waals surface area (Å²) in [5, 5.41) is 12.8. The van der Waals surface area contributed by atoms with E-state index in [9.17, 15) is 4.79 Å². The van der Waals surface area contributed by atoms with Gasteiger partial charge in [-0.1, -0.05) is 0 Å². The number of aryl methyl sites for hydroxylation is 1. The Hall–Kier alpha value is -1.04. The van der Waals surface area contributed by atoms with E-state index in [0.717, 1.165) is 11.6 Å². The molecule has 1 aromatic rings. The van der Waals surface area contributed by atoms with Crippen molar-refractivity contribution in [3.05, 3.63) is 11.6 Å². The Morgan fingerprint density at radius 3 is 3.00 bits per heavy atom. The fraction of sp³-hybridized carbons (Fsp3) is 0.667. The zero-order valence-corrected chi connectivity index (χ0v) is 9.33. The molecule has 0 aromatic carbocycles. The lowest BCUT2D eigenvalue weighted by molar-refractivity contribution is -0.133. The van der Waals surface area contributed by atoms with Crippen LogP contribution in [0, 0.1) is 0 Å². The van der Waals surface area contributed by atoms with Crippen molar-refractivity contribution in [2.45, 2.75) is 24.5 Å². The van der Waals surface area contributed by atoms with E-state index in [-0.39, 0.29) is 5.75 Å². The third kappa shape index (κ3) is 2.71. The van der Waals surface area contributed by atoms with Crippen molar-refractivity contribution in [1.82, 2.24) is 14.8 Å². The van der Waals surface area contributed by atoms with Crippen molar-refractivity contribution in [2.24, 2.45) is 7.05 Å². The molecule has 0 spiro atoms. The number of hydrogen-bond donors (Lipinski definition) is 1. The summed E-state index contributed by atoms with van der Waals surface area (Å²) >= 11 is 1.35. The molecule has 5 nitrogen and oxygen atoms in total. The highest BCUT2D eigenvalue weighted by Crippen LogP contribution is 2.38. The van der Waals surface area contributed by atoms with E-state index >= 15 is 0 Å². The second-order valence-corrected chi connectivity index (χ2v) is 4.66. The Morgan fingerprint density at radius 1 is 1.67 bits per heavy atom. The number of nitrogens with zero attached hydrogens (tertiary/aromatic N) is 3. The first-order chi connectivity index (χ1) is 7.16. The zero-order valence-electron chi connectivity index (χ0n) is 8.51. The van der Waals surface area contributed by atoms with Crippen molar-refractivity contribution < 1.29 is 9.90 Å². The maximum absolute atomic E-state index is 10.3. The van der Waals surface area contributed by atoms with Crippen LogP contribution in [0.2, 0.25) is 0 Å². The van der Waals surface area contributed by atoms with Crippen LogP contribution in [0.5, 0.6) is 0 Å². The molecular weight excluding hydrogens is 214 g/mol. The Bertz CT molecular complexity index is 373. The number of thioether (sulfide) groups is 1. The quantitative estimate of drug-likeness (QED) is 0.813. The van der Waals surface area contributed by atoms with Crippen molar-refractivity contribution in [3.8, 4) is 0 Å². The molecule has 1 aliphatic carbocycles. The smallest absolute Gasteiger partial charge is 0.313 e. The van der Waals surface area contributed by atoms with Gasteiger partial charge in [-0.05, 0) is 12.8 Å². The van der Waals surface area contributed by atoms with E-state index in [1.807, 2.05) is 7.05 Å². The van der Waals surface area contributed by atoms with Gasteiger partial charge >= 0.3 is 5.97 Å². The van der Waals surface area contributed by atoms with Gasteiger partial charge in [-0.2, -0.15) is 5.10 Å². The molecule has 1 saturated carbocycles. The molecule has 0 radical (unpaired) electrons. The van der Waals surface area contributed by atoms with Crippen LogP contribution in [0.25, 0.3) is 0 Å². The lowest BCUT2D eigenvalue weighted by Gasteiger charge is -1.97. The first-order valence-electron chi connectivity index (χ1n) is 4.86. The first-order valence-corrected chi connectivity index (χ1v) is 6.01. The Kier molecular flexibility index (Phi) is 2.95. The summed E-state index contributed by atoms with van der Waals surface area (Å²) in [7, 11) is 1.86. The van der Waals surface area contributed by atoms with Crippen LogP contribution in [0.15, 0.2) is 0 Å². The van der Waals surface area contributed by atoms with E-state index in [0.29, 0.717) is 11.7 Å². The molecule has 0 unspecified atom stereocenters. The number of carboxylic acids is 1. The van der Waals surface area contributed by atoms with Crippen molar-refractivity contribution in [1.29, 1.82) is 0 Å². The van der Waals surface area contributed by atoms with E-state index in [2.05, 4.69) is 10.1 Å². The molecule has 0 amide bonds. The number of aliphatic carboxylic acids is 1. The minimum Gasteiger partial charge on any atom is -0.481 e. The Morgan fingerprint density at radius 2 is 2.40 bits per heavy atom. The van der Waals surface area contributed by atoms with Gasteiger partial charge in [-0.15, -0.1) is 11.8 Å². The fourth-order valence-corrected chi connectivity index (χ4v) is 2.02. The van der Waals surface area contributed by atoms with Crippen molar-refractivity contribution >= 4 is 17.7 Å². The standard InChI is InChI=1S/C9H13N3O2S/c1-12-7(4-15-5-8(13)14)10-9(11-12)6-2-3-6/h6H,2-5H2,1H3,(H,13,14). The molecule has 0 bridgehead atoms. The molecule has 82 valence electrons. The summed E-state index contributed by atoms with van der Waals surface area (Å²) in [6.45, 7) is 0. The Labute approximate surface area is 91.9 Å². The van der Waals surface area contributed by atoms with Gasteiger partial charge in [0, 0.05) is 13.0 Å². The number of hydrogen-bond acceptors (Lipinski definition) is 4. The average molecular weight is 227 g/mol. The minimum atomic E-state index is -0.787. The summed E-state index contributed by atoms with van der Waals surface area (Å²) < 4.78 is 1.75. The molecule has 0 atom stereocenters. The predicted octanol–water partition coefficient (Wildman–Crippen LogP) is 1.01. The lowest BCUT2D eigenvalue weighted by atomic mass is 10.4. The summed E-state index contributed by atoms with van der Waals surface area (Å²) in [6.07, 6.45) is 2.37. The Balaban J connectivity index is 1.92. The molecular formula is C9H13N3O2S. The molecule has 0 aliphatic heterocycles. The third-order valence-electron chi connectivity index (χ3n) is 2.27. The van der Waals surface area contributed by atoms with Gasteiger partial charge in [0.25, 0.3) is 0 Å². The molecule has 1 fully saturated rings. The lowest BCUT2D eigenvalue weighted by Crippen LogP contribution is -2.01. The normalized spacial score (nSPS) is 15.5. The largest absolute Gasteiger partial charge is 0.481 e. The van der Waals surface area contributed by atoms with Crippen molar-refractivity contribution in [3.63, 3.8) is 0 Å². The highest BCUT2D eigenvalue weighted by molar-refractivity contribution is 7.99. The number of carbonyl (C=O) groups is 1. The first kappa shape index (κ1) is 10.5. The number of aromatic nitrogens is 3. The van der Waals surface area contributed by atoms with E-state index < -0.39 is 5.97 Å². The molecule has 1 aromatic heterocycles. The molecule has 1 N–H and O–H groups in total. The minimum absolute atomic E-state index is 0.117. The van der Waals surface area contributed by atoms with Crippen LogP contribution in [0.4, 0.5) is 0 Å². The van der Waals surface area contributed by atoms with Gasteiger partial charge in [-0.25, -0.2) is 4.98 Å². The van der Waals surface area contributed by atoms with Gasteiger partial charge in [0.15, 0.2) is 5.82 Å². The second kappa shape index (κ2) is 4.22. The van der Waals surface area contributed by atoms with Crippen LogP contribution in [0.1, 0.15) is 30.4 Å². The maximum atomic E-state index is 10.3. The predicted molar refractivity (Wildman–Crippen MR) is 56.8 cm³/mol. The molecule has 0 saturated heterocycles. The highest BCUT2D eigenvalue weighted by Gasteiger charge is 2.28. The van der Waals surface area contributed by atoms with Crippen LogP contribution < -0.4 is 0 Å². The van der Waals surface area contributed by atoms with Crippen LogP contribution in [-0.4, -0.2) is 31.6 Å². The van der Waals surface area contributed by atoms with E-state index in [4.69, 9.17) is 5.11 Å². The number of rotatable bonds is 5. The van der Waals surface area contributed by atoms with Gasteiger partial charge in [-0.3, -0.25) is 9.48 Å². The third-order valence-corrected chi connectivity index (χ3v) is 3.18. The van der Waals surface area contributed by atoms with Gasteiger partial charge in [0.2, 0.25) is 0 Å². The summed E-state index contributed by atoms with van der Waals surface area (Å²) in [5.74, 6) is 2.28. The second-order valence-electron chi connectivity index (χ2n) is 3.67. The summed E-state index contributed by atoms with van der Waals surface area (Å²) in [5.41, 5.74) is 0. The number of carboxylic acid groups (broad SMARTS) is 1. The van der Waals surface area contributed by atoms with Gasteiger partial charge in [0.05, 0.1) is 11.5 Å². The SMILES string of the molecule is Cn1nc(C2CC2)nc1CSCC(=O)O. The molecule has 1 heterocycles. The van der Waals surface area contributed by atoms with Gasteiger partial charge in [0.1, 0.15) is 5.82 Å². The molecule has 15 heavy (non-hydrogen) atoms. The van der Waals surface area contributed by atoms with Crippen LogP contribution >= 0.6 is 11.8 Å². The monoisotopic (exact) mass is 227 g/mol. The van der Waals surface area contributed by atoms with Crippen molar-refractivity contribution in [2.75, 3.05) is 5.75 Å². The summed E-state index contributed by atoms with van der Waals surface area (Å²) in [4.78, 5) is 14.7. The van der Waals surface area contributed by atoms with Crippen LogP contribution in [-0.2, 0) is 17.6 Å². The highest BCUT2D eigenvalue weighted by atomic mass is 32.2. The maximum Gasteiger partial charge on any atom is 0.313 e.